The molecule has 0 aliphatic heterocycles. The summed E-state index contributed by atoms with van der Waals surface area (Å²) < 4.78 is 15.0. The van der Waals surface area contributed by atoms with Gasteiger partial charge < -0.3 is 4.57 Å². The second-order valence-electron chi connectivity index (χ2n) is 14.8. The van der Waals surface area contributed by atoms with Crippen LogP contribution in [0.15, 0.2) is 212 Å². The summed E-state index contributed by atoms with van der Waals surface area (Å²) in [6, 6.07) is 73.3. The minimum absolute atomic E-state index is 0.582. The largest absolute Gasteiger partial charge is 0.309 e. The highest BCUT2D eigenvalue weighted by Crippen LogP contribution is 2.63. The molecule has 1 spiro atoms. The van der Waals surface area contributed by atoms with Gasteiger partial charge in [-0.05, 0) is 44.5 Å². The van der Waals surface area contributed by atoms with Gasteiger partial charge in [0.1, 0.15) is 0 Å². The maximum atomic E-state index is 15.0. The highest BCUT2D eigenvalue weighted by atomic mass is 31.2. The van der Waals surface area contributed by atoms with E-state index in [0.717, 1.165) is 55.1 Å². The lowest BCUT2D eigenvalue weighted by Crippen LogP contribution is -2.27. The summed E-state index contributed by atoms with van der Waals surface area (Å²) in [5, 5.41) is 2.46. The molecule has 4 heteroatoms. The fourth-order valence-electron chi connectivity index (χ4n) is 9.26. The monoisotopic (exact) mass is 746 g/mol. The Bertz CT molecular complexity index is 2930. The molecule has 8 aromatic carbocycles. The Kier molecular flexibility index (Phi) is 7.67. The molecule has 57 heavy (non-hydrogen) atoms. The van der Waals surface area contributed by atoms with Gasteiger partial charge in [0.25, 0.3) is 0 Å². The molecular weight excluding hydrogens is 712 g/mol. The first-order valence-electron chi connectivity index (χ1n) is 19.4. The average molecular weight is 747 g/mol. The van der Waals surface area contributed by atoms with Gasteiger partial charge in [0, 0.05) is 32.6 Å². The van der Waals surface area contributed by atoms with Crippen LogP contribution in [-0.2, 0) is 9.98 Å². The Morgan fingerprint density at radius 2 is 0.754 bits per heavy atom. The smallest absolute Gasteiger partial charge is 0.171 e. The molecule has 0 radical (unpaired) electrons. The van der Waals surface area contributed by atoms with Crippen LogP contribution in [-0.4, -0.2) is 9.97 Å². The lowest BCUT2D eigenvalue weighted by atomic mass is 9.72. The first-order valence-corrected chi connectivity index (χ1v) is 21.1. The van der Waals surface area contributed by atoms with E-state index in [1.54, 1.807) is 0 Å². The molecule has 0 atom stereocenters. The van der Waals surface area contributed by atoms with Gasteiger partial charge >= 0.3 is 0 Å². The molecular formula is C53H35N2OP. The molecule has 0 saturated carbocycles. The zero-order valence-corrected chi connectivity index (χ0v) is 31.9. The summed E-state index contributed by atoms with van der Waals surface area (Å²) in [6.45, 7) is 0. The molecule has 0 bridgehead atoms. The summed E-state index contributed by atoms with van der Waals surface area (Å²) in [5.74, 6) is 0.690. The van der Waals surface area contributed by atoms with Gasteiger partial charge in [0.15, 0.2) is 13.0 Å². The Labute approximate surface area is 332 Å². The highest BCUT2D eigenvalue weighted by molar-refractivity contribution is 7.85. The first-order chi connectivity index (χ1) is 28.2. The van der Waals surface area contributed by atoms with Crippen molar-refractivity contribution in [2.75, 3.05) is 0 Å². The van der Waals surface area contributed by atoms with Crippen molar-refractivity contribution in [3.8, 4) is 56.0 Å². The van der Waals surface area contributed by atoms with Gasteiger partial charge in [0.05, 0.1) is 16.8 Å². The first kappa shape index (κ1) is 33.4. The van der Waals surface area contributed by atoms with Crippen molar-refractivity contribution in [1.29, 1.82) is 0 Å². The average Bonchev–Trinajstić information content (AvgIpc) is 3.77. The van der Waals surface area contributed by atoms with Crippen molar-refractivity contribution in [1.82, 2.24) is 9.97 Å². The number of nitrogens with zero attached hydrogens (tertiary/aromatic N) is 2. The number of hydrogen-bond acceptors (Lipinski definition) is 3. The molecule has 0 fully saturated rings. The number of rotatable bonds is 6. The third-order valence-electron chi connectivity index (χ3n) is 11.8. The van der Waals surface area contributed by atoms with Crippen molar-refractivity contribution >= 4 is 23.1 Å². The van der Waals surface area contributed by atoms with E-state index >= 15 is 0 Å². The van der Waals surface area contributed by atoms with E-state index in [2.05, 4.69) is 140 Å². The molecule has 0 amide bonds. The molecule has 1 heterocycles. The summed E-state index contributed by atoms with van der Waals surface area (Å²) in [7, 11) is -3.06. The highest BCUT2D eigenvalue weighted by Gasteiger charge is 2.53. The molecule has 3 nitrogen and oxygen atoms in total. The van der Waals surface area contributed by atoms with Crippen LogP contribution in [0.2, 0.25) is 0 Å². The molecule has 0 N–H and O–H groups in total. The molecule has 0 saturated heterocycles. The Hall–Kier alpha value is -6.93. The Morgan fingerprint density at radius 1 is 0.351 bits per heavy atom. The van der Waals surface area contributed by atoms with Crippen LogP contribution in [0.4, 0.5) is 0 Å². The number of benzene rings is 8. The summed E-state index contributed by atoms with van der Waals surface area (Å²) in [6.07, 6.45) is 0. The minimum Gasteiger partial charge on any atom is -0.309 e. The van der Waals surface area contributed by atoms with Crippen molar-refractivity contribution in [2.24, 2.45) is 0 Å². The fourth-order valence-corrected chi connectivity index (χ4v) is 11.9. The van der Waals surface area contributed by atoms with E-state index in [-0.39, 0.29) is 0 Å². The normalized spacial score (nSPS) is 13.1. The molecule has 2 aliphatic rings. The maximum absolute atomic E-state index is 15.0. The van der Waals surface area contributed by atoms with E-state index in [1.807, 2.05) is 72.8 Å². The van der Waals surface area contributed by atoms with E-state index in [4.69, 9.17) is 9.97 Å². The van der Waals surface area contributed by atoms with Crippen LogP contribution in [0.1, 0.15) is 22.4 Å². The standard InChI is InChI=1S/C53H35N2OP/c56-57(40-18-6-2-7-19-40,41-20-8-3-9-21-41)42-34-32-37(33-35-42)36-28-30-39(31-29-36)52-54-50(38-16-4-1-5-17-38)49-45-24-12-15-27-48(45)53(51(49)55-52)46-25-13-10-22-43(46)44-23-11-14-26-47(44)53/h1-35H. The predicted octanol–water partition coefficient (Wildman–Crippen LogP) is 11.5. The van der Waals surface area contributed by atoms with Crippen LogP contribution >= 0.6 is 7.14 Å². The molecule has 11 rings (SSSR count). The summed E-state index contributed by atoms with van der Waals surface area (Å²) >= 11 is 0. The lowest BCUT2D eigenvalue weighted by molar-refractivity contribution is 0.592. The van der Waals surface area contributed by atoms with Crippen LogP contribution < -0.4 is 15.9 Å². The van der Waals surface area contributed by atoms with Crippen LogP contribution in [0, 0.1) is 0 Å². The van der Waals surface area contributed by atoms with Crippen LogP contribution in [0.25, 0.3) is 56.0 Å². The minimum atomic E-state index is -3.06. The topological polar surface area (TPSA) is 42.9 Å². The van der Waals surface area contributed by atoms with Crippen LogP contribution in [0.5, 0.6) is 0 Å². The quantitative estimate of drug-likeness (QED) is 0.159. The van der Waals surface area contributed by atoms with Gasteiger partial charge in [-0.15, -0.1) is 0 Å². The third kappa shape index (κ3) is 4.96. The summed E-state index contributed by atoms with van der Waals surface area (Å²) in [4.78, 5) is 11.0. The van der Waals surface area contributed by atoms with Crippen molar-refractivity contribution in [3.63, 3.8) is 0 Å². The molecule has 268 valence electrons. The number of hydrogen-bond donors (Lipinski definition) is 0. The third-order valence-corrected chi connectivity index (χ3v) is 14.9. The SMILES string of the molecule is O=P(c1ccccc1)(c1ccccc1)c1ccc(-c2ccc(-c3nc(-c4ccccc4)c4c(n3)C3(c5ccccc5-c5ccccc53)c3ccccc3-4)cc2)cc1. The van der Waals surface area contributed by atoms with Gasteiger partial charge in [-0.25, -0.2) is 9.97 Å². The zero-order chi connectivity index (χ0) is 38.0. The number of fused-ring (bicyclic) bond motifs is 10. The second-order valence-corrected chi connectivity index (χ2v) is 17.5. The van der Waals surface area contributed by atoms with Crippen molar-refractivity contribution in [2.45, 2.75) is 5.41 Å². The maximum Gasteiger partial charge on any atom is 0.171 e. The fraction of sp³-hybridized carbons (Fsp3) is 0.0189. The van der Waals surface area contributed by atoms with Gasteiger partial charge in [-0.1, -0.05) is 212 Å². The van der Waals surface area contributed by atoms with Gasteiger partial charge in [0.2, 0.25) is 0 Å². The Balaban J connectivity index is 1.05. The van der Waals surface area contributed by atoms with Gasteiger partial charge in [-0.2, -0.15) is 0 Å². The second kappa shape index (κ2) is 13.1. The Morgan fingerprint density at radius 3 is 1.30 bits per heavy atom. The van der Waals surface area contributed by atoms with Crippen molar-refractivity contribution in [3.05, 3.63) is 235 Å². The summed E-state index contributed by atoms with van der Waals surface area (Å²) in [5.41, 5.74) is 14.0. The van der Waals surface area contributed by atoms with E-state index in [1.165, 1.54) is 33.4 Å². The molecule has 9 aromatic rings. The van der Waals surface area contributed by atoms with Gasteiger partial charge in [-0.3, -0.25) is 0 Å². The zero-order valence-electron chi connectivity index (χ0n) is 31.0. The van der Waals surface area contributed by atoms with E-state index in [0.29, 0.717) is 5.82 Å². The van der Waals surface area contributed by atoms with Crippen molar-refractivity contribution < 1.29 is 4.57 Å². The molecule has 0 unspecified atom stereocenters. The van der Waals surface area contributed by atoms with E-state index < -0.39 is 12.6 Å². The predicted molar refractivity (Wildman–Crippen MR) is 234 cm³/mol. The van der Waals surface area contributed by atoms with E-state index in [9.17, 15) is 4.57 Å². The molecule has 2 aliphatic carbocycles. The lowest BCUT2D eigenvalue weighted by Gasteiger charge is -2.29. The number of aromatic nitrogens is 2. The molecule has 1 aromatic heterocycles. The van der Waals surface area contributed by atoms with Crippen LogP contribution in [0.3, 0.4) is 0 Å².